The maximum Gasteiger partial charge on any atom is 0.272 e. The fourth-order valence-electron chi connectivity index (χ4n) is 15.2. The van der Waals surface area contributed by atoms with Gasteiger partial charge < -0.3 is 73.9 Å². The molecule has 5 fully saturated rings. The Morgan fingerprint density at radius 2 is 0.797 bits per heavy atom. The highest BCUT2D eigenvalue weighted by atomic mass is 19.1. The molecule has 6 aromatic carbocycles. The van der Waals surface area contributed by atoms with E-state index in [4.69, 9.17) is 38.4 Å². The number of rotatable bonds is 18. The molecule has 0 bridgehead atoms. The molecule has 0 radical (unpaired) electrons. The maximum absolute atomic E-state index is 13.7. The lowest BCUT2D eigenvalue weighted by Crippen LogP contribution is -2.36. The summed E-state index contributed by atoms with van der Waals surface area (Å²) in [4.78, 5) is 70.0. The molecule has 0 atom stereocenters. The third-order valence-electron chi connectivity index (χ3n) is 21.8. The van der Waals surface area contributed by atoms with E-state index in [1.54, 1.807) is 49.1 Å². The first kappa shape index (κ1) is 82.1. The summed E-state index contributed by atoms with van der Waals surface area (Å²) in [6, 6.07) is 63.1. The molecule has 19 rings (SSSR count). The average Bonchev–Trinajstić information content (AvgIpc) is 1.66. The SMILES string of the molecule is CC(C)NC(=O)c1cc2c(-c3ccc(OC4CCOCC4)c(C#N)c3)ccnc2[nH]1.N#Cc1cc(-c2ccnc3[nH]c(-c4ccc(N5CCOCC5)cc4)cc23)ccc1F.N#Cc1cc(-c2ccnc3[nH]c(C(=O)NC4CC4)cc23)ccc1OC1CCOCC1.N#Cc1cc(-c2ccnc3[nH]c(C(=O)Nc4ccccc4)cc23)ccc1OC1CCOCC1. The minimum atomic E-state index is -0.512. The van der Waals surface area contributed by atoms with Crippen molar-refractivity contribution in [3.05, 3.63) is 246 Å². The van der Waals surface area contributed by atoms with Crippen LogP contribution in [0.15, 0.2) is 201 Å². The highest BCUT2D eigenvalue weighted by Crippen LogP contribution is 2.39. The lowest BCUT2D eigenvalue weighted by Gasteiger charge is -2.28. The zero-order valence-electron chi connectivity index (χ0n) is 67.7. The normalized spacial score (nSPS) is 14.9. The molecule has 4 saturated heterocycles. The van der Waals surface area contributed by atoms with Gasteiger partial charge in [-0.15, -0.1) is 0 Å². The van der Waals surface area contributed by atoms with Crippen molar-refractivity contribution in [2.24, 2.45) is 0 Å². The Bertz CT molecular complexity index is 6190. The lowest BCUT2D eigenvalue weighted by atomic mass is 10.0. The summed E-state index contributed by atoms with van der Waals surface area (Å²) in [5.74, 6) is 0.716. The molecule has 8 aromatic heterocycles. The van der Waals surface area contributed by atoms with Gasteiger partial charge in [-0.05, 0) is 198 Å². The van der Waals surface area contributed by atoms with Gasteiger partial charge in [0.2, 0.25) is 0 Å². The summed E-state index contributed by atoms with van der Waals surface area (Å²) in [6.07, 6.45) is 14.0. The van der Waals surface area contributed by atoms with Crippen LogP contribution in [0.25, 0.3) is 99.9 Å². The molecule has 0 unspecified atom stereocenters. The summed E-state index contributed by atoms with van der Waals surface area (Å²) in [5, 5.41) is 50.4. The number of hydrogen-bond acceptors (Lipinski definition) is 19. The number of amides is 3. The number of pyridine rings is 4. The molecule has 5 aliphatic rings. The van der Waals surface area contributed by atoms with Gasteiger partial charge >= 0.3 is 0 Å². The molecule has 26 nitrogen and oxygen atoms in total. The minimum absolute atomic E-state index is 0.0342. The molecule has 1 saturated carbocycles. The smallest absolute Gasteiger partial charge is 0.272 e. The number of H-pyrrole nitrogens is 4. The van der Waals surface area contributed by atoms with Crippen molar-refractivity contribution in [3.63, 3.8) is 0 Å². The van der Waals surface area contributed by atoms with Gasteiger partial charge in [-0.25, -0.2) is 24.3 Å². The zero-order chi connectivity index (χ0) is 84.7. The third kappa shape index (κ3) is 19.7. The van der Waals surface area contributed by atoms with Crippen LogP contribution in [0.2, 0.25) is 0 Å². The second-order valence-corrected chi connectivity index (χ2v) is 30.6. The summed E-state index contributed by atoms with van der Waals surface area (Å²) in [6.45, 7) is 11.2. The number of morpholine rings is 1. The minimum Gasteiger partial charge on any atom is -0.489 e. The van der Waals surface area contributed by atoms with E-state index in [-0.39, 0.29) is 53.7 Å². The molecule has 7 N–H and O–H groups in total. The Hall–Kier alpha value is -14.6. The highest BCUT2D eigenvalue weighted by molar-refractivity contribution is 6.08. The van der Waals surface area contributed by atoms with Crippen molar-refractivity contribution in [1.29, 1.82) is 21.0 Å². The van der Waals surface area contributed by atoms with Gasteiger partial charge in [0.1, 0.15) is 105 Å². The van der Waals surface area contributed by atoms with E-state index in [9.17, 15) is 34.6 Å². The fraction of sp³-hybridized carbons (Fsp3) is 0.260. The molecule has 14 aromatic rings. The Labute approximate surface area is 707 Å². The number of carbonyl (C=O) groups is 3. The number of para-hydroxylation sites is 1. The van der Waals surface area contributed by atoms with E-state index < -0.39 is 5.82 Å². The number of hydrogen-bond donors (Lipinski definition) is 7. The topological polar surface area (TPSA) is 365 Å². The number of nitriles is 4. The molecule has 1 aliphatic carbocycles. The average molecular weight is 1640 g/mol. The van der Waals surface area contributed by atoms with Crippen molar-refractivity contribution in [3.8, 4) is 97.3 Å². The molecule has 27 heteroatoms. The van der Waals surface area contributed by atoms with Gasteiger partial charge in [0, 0.05) is 127 Å². The molecular weight excluding hydrogens is 1560 g/mol. The van der Waals surface area contributed by atoms with E-state index in [0.29, 0.717) is 113 Å². The number of nitrogens with zero attached hydrogens (tertiary/aromatic N) is 9. The zero-order valence-corrected chi connectivity index (χ0v) is 67.7. The number of anilines is 2. The number of aromatic amines is 4. The third-order valence-corrected chi connectivity index (χ3v) is 21.8. The summed E-state index contributed by atoms with van der Waals surface area (Å²) in [5.41, 5.74) is 16.4. The highest BCUT2D eigenvalue weighted by Gasteiger charge is 2.28. The monoisotopic (exact) mass is 1640 g/mol. The van der Waals surface area contributed by atoms with Crippen LogP contribution < -0.4 is 35.1 Å². The summed E-state index contributed by atoms with van der Waals surface area (Å²) < 4.78 is 53.5. The van der Waals surface area contributed by atoms with Gasteiger partial charge in [-0.2, -0.15) is 21.0 Å². The number of carbonyl (C=O) groups excluding carboxylic acids is 3. The number of fused-ring (bicyclic) bond motifs is 4. The van der Waals surface area contributed by atoms with E-state index >= 15 is 0 Å². The van der Waals surface area contributed by atoms with Crippen molar-refractivity contribution in [1.82, 2.24) is 50.5 Å². The second-order valence-electron chi connectivity index (χ2n) is 30.6. The maximum atomic E-state index is 13.7. The first-order chi connectivity index (χ1) is 60.2. The predicted molar refractivity (Wildman–Crippen MR) is 464 cm³/mol. The largest absolute Gasteiger partial charge is 0.489 e. The van der Waals surface area contributed by atoms with Crippen LogP contribution in [0, 0.1) is 51.1 Å². The van der Waals surface area contributed by atoms with Gasteiger partial charge in [0.25, 0.3) is 17.7 Å². The van der Waals surface area contributed by atoms with Crippen LogP contribution >= 0.6 is 0 Å². The number of nitrogens with one attached hydrogen (secondary N) is 7. The van der Waals surface area contributed by atoms with Crippen molar-refractivity contribution < 1.29 is 51.9 Å². The quantitative estimate of drug-likeness (QED) is 0.0419. The first-order valence-electron chi connectivity index (χ1n) is 41.1. The second kappa shape index (κ2) is 38.2. The van der Waals surface area contributed by atoms with Crippen LogP contribution in [-0.4, -0.2) is 154 Å². The van der Waals surface area contributed by atoms with Gasteiger partial charge in [-0.1, -0.05) is 54.6 Å². The Morgan fingerprint density at radius 1 is 0.423 bits per heavy atom. The molecule has 618 valence electrons. The van der Waals surface area contributed by atoms with Crippen LogP contribution in [-0.2, 0) is 18.9 Å². The fourth-order valence-corrected chi connectivity index (χ4v) is 15.2. The predicted octanol–water partition coefficient (Wildman–Crippen LogP) is 17.0. The molecule has 12 heterocycles. The van der Waals surface area contributed by atoms with Crippen LogP contribution in [0.5, 0.6) is 17.2 Å². The molecular formula is C96H87FN16O10. The molecule has 4 aliphatic heterocycles. The van der Waals surface area contributed by atoms with Crippen LogP contribution in [0.1, 0.15) is 119 Å². The number of benzene rings is 6. The number of aromatic nitrogens is 8. The van der Waals surface area contributed by atoms with E-state index in [1.807, 2.05) is 135 Å². The molecule has 0 spiro atoms. The van der Waals surface area contributed by atoms with Crippen molar-refractivity contribution >= 4 is 73.2 Å². The Kier molecular flexibility index (Phi) is 25.5. The number of halogens is 1. The van der Waals surface area contributed by atoms with Crippen molar-refractivity contribution in [2.45, 2.75) is 95.6 Å². The van der Waals surface area contributed by atoms with Gasteiger partial charge in [-0.3, -0.25) is 14.4 Å². The lowest BCUT2D eigenvalue weighted by molar-refractivity contribution is 0.0252. The molecule has 123 heavy (non-hydrogen) atoms. The molecule has 3 amide bonds. The van der Waals surface area contributed by atoms with E-state index in [0.717, 1.165) is 161 Å². The first-order valence-corrected chi connectivity index (χ1v) is 41.1. The van der Waals surface area contributed by atoms with E-state index in [2.05, 4.69) is 109 Å². The Morgan fingerprint density at radius 3 is 1.21 bits per heavy atom. The van der Waals surface area contributed by atoms with E-state index in [1.165, 1.54) is 11.8 Å². The summed E-state index contributed by atoms with van der Waals surface area (Å²) >= 11 is 0. The Balaban J connectivity index is 0.000000122. The number of ether oxygens (including phenoxy) is 7. The van der Waals surface area contributed by atoms with Crippen molar-refractivity contribution in [2.75, 3.05) is 76.2 Å². The summed E-state index contributed by atoms with van der Waals surface area (Å²) in [7, 11) is 0. The van der Waals surface area contributed by atoms with Gasteiger partial charge in [0.05, 0.1) is 75.1 Å². The van der Waals surface area contributed by atoms with Gasteiger partial charge in [0.15, 0.2) is 0 Å². The van der Waals surface area contributed by atoms with Crippen LogP contribution in [0.3, 0.4) is 0 Å². The van der Waals surface area contributed by atoms with Crippen LogP contribution in [0.4, 0.5) is 15.8 Å². The standard InChI is InChI=1S/C26H22N4O3.C24H19FN4O.C23H22N4O3.C23H24N4O3/c27-16-18-14-17(6-7-24(18)33-20-9-12-32-13-10-20)21-8-11-28-25-22(21)15-23(30-25)26(31)29-19-4-2-1-3-5-19;25-22-6-3-17(13-18(22)15-26)20-7-8-27-24-21(20)14-23(28-24)16-1-4-19(5-2-16)29-9-11-30-12-10-29;24-13-15-11-14(1-4-21(15)30-17-6-9-29-10-7-17)18-5-8-25-22-19(18)12-20(27-22)23(28)26-16-2-3-16;1-14(2)26-23(28)20-12-19-18(5-8-25-22(19)27-20)15-3-4-21(16(11-15)13-24)30-17-6-9-29-10-7-17/h1-8,11,14-15,20H,9-10,12-13H2,(H,28,30)(H,29,31);1-8,13-14H,9-12H2,(H,27,28);1,4-5,8,11-12,16-17H,2-3,6-7,9-10H2,(H,25,27)(H,26,28);3-5,8,11-12,14,17H,6-7,9-10H2,1-2H3,(H,25,27)(H,26,28).